The van der Waals surface area contributed by atoms with Crippen LogP contribution in [0.5, 0.6) is 0 Å². The number of hydrogen-bond donors (Lipinski definition) is 1. The van der Waals surface area contributed by atoms with Crippen molar-refractivity contribution in [3.8, 4) is 0 Å². The van der Waals surface area contributed by atoms with Gasteiger partial charge in [0.1, 0.15) is 6.67 Å². The van der Waals surface area contributed by atoms with Gasteiger partial charge in [0.05, 0.1) is 0 Å². The molecular formula is C5H10FN. The van der Waals surface area contributed by atoms with Gasteiger partial charge >= 0.3 is 0 Å². The first kappa shape index (κ1) is 6.63. The van der Waals surface area contributed by atoms with Crippen LogP contribution in [0, 0.1) is 0 Å². The van der Waals surface area contributed by atoms with Crippen LogP contribution in [0.15, 0.2) is 12.2 Å². The van der Waals surface area contributed by atoms with E-state index in [1.165, 1.54) is 6.08 Å². The summed E-state index contributed by atoms with van der Waals surface area (Å²) in [6.45, 7) is 1.38. The smallest absolute Gasteiger partial charge is 0.108 e. The van der Waals surface area contributed by atoms with E-state index in [2.05, 4.69) is 0 Å². The summed E-state index contributed by atoms with van der Waals surface area (Å²) in [6, 6.07) is -0.0178. The largest absolute Gasteiger partial charge is 0.325 e. The monoisotopic (exact) mass is 103 g/mol. The predicted molar refractivity (Wildman–Crippen MR) is 28.8 cm³/mol. The standard InChI is InChI=1S/C5H10FN/c1-5(7)3-2-4-6/h2-3,5H,4,7H2,1H3/b3-2+. The molecule has 0 radical (unpaired) electrons. The van der Waals surface area contributed by atoms with E-state index in [4.69, 9.17) is 5.73 Å². The molecule has 0 aliphatic heterocycles. The molecule has 1 nitrogen and oxygen atoms in total. The van der Waals surface area contributed by atoms with E-state index in [9.17, 15) is 4.39 Å². The predicted octanol–water partition coefficient (Wildman–Crippen LogP) is 0.859. The van der Waals surface area contributed by atoms with Crippen molar-refractivity contribution in [2.45, 2.75) is 13.0 Å². The second-order valence-corrected chi connectivity index (χ2v) is 1.44. The highest BCUT2D eigenvalue weighted by Gasteiger charge is 1.79. The minimum atomic E-state index is -0.415. The van der Waals surface area contributed by atoms with Crippen molar-refractivity contribution in [3.05, 3.63) is 12.2 Å². The second-order valence-electron chi connectivity index (χ2n) is 1.44. The van der Waals surface area contributed by atoms with Crippen LogP contribution >= 0.6 is 0 Å². The first-order chi connectivity index (χ1) is 3.27. The fraction of sp³-hybridized carbons (Fsp3) is 0.600. The Kier molecular flexibility index (Phi) is 3.61. The molecule has 0 bridgehead atoms. The van der Waals surface area contributed by atoms with Crippen LogP contribution in [0.25, 0.3) is 0 Å². The summed E-state index contributed by atoms with van der Waals surface area (Å²) in [5, 5.41) is 0. The molecule has 2 N–H and O–H groups in total. The van der Waals surface area contributed by atoms with Crippen molar-refractivity contribution in [2.75, 3.05) is 6.67 Å². The Morgan fingerprint density at radius 2 is 2.43 bits per heavy atom. The van der Waals surface area contributed by atoms with Crippen molar-refractivity contribution in [1.29, 1.82) is 0 Å². The Balaban J connectivity index is 3.08. The fourth-order valence-corrected chi connectivity index (χ4v) is 0.266. The zero-order valence-electron chi connectivity index (χ0n) is 4.39. The highest BCUT2D eigenvalue weighted by Crippen LogP contribution is 1.77. The van der Waals surface area contributed by atoms with Gasteiger partial charge in [0.25, 0.3) is 0 Å². The Labute approximate surface area is 43.0 Å². The van der Waals surface area contributed by atoms with Gasteiger partial charge in [0.2, 0.25) is 0 Å². The molecule has 0 saturated carbocycles. The maximum Gasteiger partial charge on any atom is 0.108 e. The molecule has 1 atom stereocenters. The van der Waals surface area contributed by atoms with Crippen LogP contribution in [-0.4, -0.2) is 12.7 Å². The summed E-state index contributed by atoms with van der Waals surface area (Å²) in [5.74, 6) is 0. The third-order valence-corrected chi connectivity index (χ3v) is 0.529. The maximum atomic E-state index is 11.2. The zero-order chi connectivity index (χ0) is 5.70. The lowest BCUT2D eigenvalue weighted by molar-refractivity contribution is 0.560. The second kappa shape index (κ2) is 3.81. The lowest BCUT2D eigenvalue weighted by atomic mass is 10.3. The molecule has 0 saturated heterocycles. The van der Waals surface area contributed by atoms with Crippen molar-refractivity contribution >= 4 is 0 Å². The third kappa shape index (κ3) is 5.63. The average molecular weight is 103 g/mol. The molecule has 2 heteroatoms. The van der Waals surface area contributed by atoms with Gasteiger partial charge in [-0.15, -0.1) is 0 Å². The van der Waals surface area contributed by atoms with E-state index in [1.807, 2.05) is 0 Å². The normalized spacial score (nSPS) is 15.3. The number of rotatable bonds is 2. The molecule has 0 spiro atoms. The van der Waals surface area contributed by atoms with Crippen LogP contribution < -0.4 is 5.73 Å². The molecule has 0 aliphatic rings. The number of halogens is 1. The first-order valence-corrected chi connectivity index (χ1v) is 2.25. The van der Waals surface area contributed by atoms with Gasteiger partial charge in [-0.1, -0.05) is 12.2 Å². The molecular weight excluding hydrogens is 93.1 g/mol. The van der Waals surface area contributed by atoms with Crippen LogP contribution in [0.3, 0.4) is 0 Å². The van der Waals surface area contributed by atoms with Gasteiger partial charge < -0.3 is 5.73 Å². The molecule has 7 heavy (non-hydrogen) atoms. The fourth-order valence-electron chi connectivity index (χ4n) is 0.266. The van der Waals surface area contributed by atoms with Gasteiger partial charge in [0, 0.05) is 6.04 Å². The van der Waals surface area contributed by atoms with E-state index >= 15 is 0 Å². The minimum absolute atomic E-state index is 0.0178. The topological polar surface area (TPSA) is 26.0 Å². The van der Waals surface area contributed by atoms with Gasteiger partial charge in [0.15, 0.2) is 0 Å². The molecule has 1 unspecified atom stereocenters. The van der Waals surface area contributed by atoms with E-state index in [-0.39, 0.29) is 6.04 Å². The lowest BCUT2D eigenvalue weighted by Crippen LogP contribution is -2.10. The van der Waals surface area contributed by atoms with Crippen LogP contribution in [0.4, 0.5) is 4.39 Å². The molecule has 0 aliphatic carbocycles. The summed E-state index contributed by atoms with van der Waals surface area (Å²) in [4.78, 5) is 0. The van der Waals surface area contributed by atoms with Crippen LogP contribution in [0.1, 0.15) is 6.92 Å². The van der Waals surface area contributed by atoms with Crippen molar-refractivity contribution < 1.29 is 4.39 Å². The number of allylic oxidation sites excluding steroid dienone is 1. The minimum Gasteiger partial charge on any atom is -0.325 e. The Bertz CT molecular complexity index is 59.1. The van der Waals surface area contributed by atoms with E-state index in [0.29, 0.717) is 0 Å². The first-order valence-electron chi connectivity index (χ1n) is 2.25. The SMILES string of the molecule is CC(N)/C=C/CF. The molecule has 0 aromatic rings. The summed E-state index contributed by atoms with van der Waals surface area (Å²) in [6.07, 6.45) is 3.03. The Hall–Kier alpha value is -0.370. The van der Waals surface area contributed by atoms with E-state index in [1.54, 1.807) is 13.0 Å². The lowest BCUT2D eigenvalue weighted by Gasteiger charge is -1.89. The van der Waals surface area contributed by atoms with Gasteiger partial charge in [-0.05, 0) is 6.92 Å². The van der Waals surface area contributed by atoms with Gasteiger partial charge in [-0.2, -0.15) is 0 Å². The molecule has 0 aromatic heterocycles. The number of nitrogens with two attached hydrogens (primary N) is 1. The Morgan fingerprint density at radius 3 is 2.57 bits per heavy atom. The highest BCUT2D eigenvalue weighted by molar-refractivity contribution is 4.87. The summed E-state index contributed by atoms with van der Waals surface area (Å²) < 4.78 is 11.2. The summed E-state index contributed by atoms with van der Waals surface area (Å²) >= 11 is 0. The van der Waals surface area contributed by atoms with Gasteiger partial charge in [-0.3, -0.25) is 0 Å². The summed E-state index contributed by atoms with van der Waals surface area (Å²) in [7, 11) is 0. The molecule has 0 rings (SSSR count). The number of hydrogen-bond acceptors (Lipinski definition) is 1. The Morgan fingerprint density at radius 1 is 1.86 bits per heavy atom. The highest BCUT2D eigenvalue weighted by atomic mass is 19.1. The van der Waals surface area contributed by atoms with Crippen LogP contribution in [0.2, 0.25) is 0 Å². The maximum absolute atomic E-state index is 11.2. The zero-order valence-corrected chi connectivity index (χ0v) is 4.39. The molecule has 0 fully saturated rings. The third-order valence-electron chi connectivity index (χ3n) is 0.529. The molecule has 0 heterocycles. The van der Waals surface area contributed by atoms with Crippen LogP contribution in [-0.2, 0) is 0 Å². The van der Waals surface area contributed by atoms with E-state index < -0.39 is 6.67 Å². The molecule has 0 amide bonds. The van der Waals surface area contributed by atoms with E-state index in [0.717, 1.165) is 0 Å². The van der Waals surface area contributed by atoms with Gasteiger partial charge in [-0.25, -0.2) is 4.39 Å². The van der Waals surface area contributed by atoms with Crippen molar-refractivity contribution in [3.63, 3.8) is 0 Å². The summed E-state index contributed by atoms with van der Waals surface area (Å²) in [5.41, 5.74) is 5.22. The number of alkyl halides is 1. The quantitative estimate of drug-likeness (QED) is 0.515. The molecule has 0 aromatic carbocycles. The van der Waals surface area contributed by atoms with Crippen molar-refractivity contribution in [1.82, 2.24) is 0 Å². The van der Waals surface area contributed by atoms with Crippen molar-refractivity contribution in [2.24, 2.45) is 5.73 Å². The molecule has 42 valence electrons. The average Bonchev–Trinajstić information content (AvgIpc) is 1.61.